The molecule has 0 heterocycles. The summed E-state index contributed by atoms with van der Waals surface area (Å²) in [5.74, 6) is 0.0874. The van der Waals surface area contributed by atoms with Gasteiger partial charge in [-0.05, 0) is 51.1 Å². The number of halogens is 1. The molecule has 1 aromatic rings. The van der Waals surface area contributed by atoms with Gasteiger partial charge in [-0.2, -0.15) is 0 Å². The smallest absolute Gasteiger partial charge is 0.242 e. The van der Waals surface area contributed by atoms with Crippen molar-refractivity contribution in [2.24, 2.45) is 0 Å². The quantitative estimate of drug-likeness (QED) is 0.927. The van der Waals surface area contributed by atoms with Crippen LogP contribution in [-0.2, 0) is 11.3 Å². The first-order valence-corrected chi connectivity index (χ1v) is 6.76. The maximum absolute atomic E-state index is 12.2. The topological polar surface area (TPSA) is 32.3 Å². The summed E-state index contributed by atoms with van der Waals surface area (Å²) in [6, 6.07) is 6.13. The second-order valence-corrected chi connectivity index (χ2v) is 6.02. The highest BCUT2D eigenvalue weighted by Gasteiger charge is 2.28. The number of likely N-dealkylation sites (N-methyl/N-ethyl adjacent to an activating group) is 2. The molecule has 0 saturated carbocycles. The summed E-state index contributed by atoms with van der Waals surface area (Å²) < 4.78 is 1.04. The van der Waals surface area contributed by atoms with Gasteiger partial charge in [-0.3, -0.25) is 4.79 Å². The number of amides is 1. The van der Waals surface area contributed by atoms with Crippen LogP contribution in [0.15, 0.2) is 22.7 Å². The van der Waals surface area contributed by atoms with Crippen LogP contribution >= 0.6 is 15.9 Å². The second-order valence-electron chi connectivity index (χ2n) is 5.11. The van der Waals surface area contributed by atoms with E-state index in [1.165, 1.54) is 5.56 Å². The number of rotatable bonds is 4. The van der Waals surface area contributed by atoms with Crippen LogP contribution in [0.4, 0.5) is 0 Å². The third kappa shape index (κ3) is 3.56. The highest BCUT2D eigenvalue weighted by Crippen LogP contribution is 2.18. The molecule has 0 saturated heterocycles. The predicted molar refractivity (Wildman–Crippen MR) is 78.5 cm³/mol. The minimum Gasteiger partial charge on any atom is -0.340 e. The molecule has 0 unspecified atom stereocenters. The van der Waals surface area contributed by atoms with Gasteiger partial charge in [-0.15, -0.1) is 0 Å². The highest BCUT2D eigenvalue weighted by molar-refractivity contribution is 9.10. The summed E-state index contributed by atoms with van der Waals surface area (Å²) >= 11 is 3.46. The molecule has 18 heavy (non-hydrogen) atoms. The molecule has 0 bridgehead atoms. The summed E-state index contributed by atoms with van der Waals surface area (Å²) in [6.07, 6.45) is 0. The molecule has 100 valence electrons. The predicted octanol–water partition coefficient (Wildman–Crippen LogP) is 2.71. The van der Waals surface area contributed by atoms with Gasteiger partial charge in [0.1, 0.15) is 0 Å². The lowest BCUT2D eigenvalue weighted by Gasteiger charge is -2.29. The number of carbonyl (C=O) groups excluding carboxylic acids is 1. The molecule has 1 amide bonds. The molecular formula is C14H21BrN2O. The first-order valence-electron chi connectivity index (χ1n) is 5.97. The third-order valence-corrected chi connectivity index (χ3v) is 3.72. The average molecular weight is 313 g/mol. The van der Waals surface area contributed by atoms with Crippen molar-refractivity contribution in [3.8, 4) is 0 Å². The number of hydrogen-bond donors (Lipinski definition) is 1. The number of benzene rings is 1. The fourth-order valence-electron chi connectivity index (χ4n) is 1.72. The van der Waals surface area contributed by atoms with Crippen LogP contribution in [0.25, 0.3) is 0 Å². The van der Waals surface area contributed by atoms with Gasteiger partial charge in [0.2, 0.25) is 5.91 Å². The summed E-state index contributed by atoms with van der Waals surface area (Å²) in [7, 11) is 3.64. The van der Waals surface area contributed by atoms with Crippen molar-refractivity contribution in [2.45, 2.75) is 32.9 Å². The van der Waals surface area contributed by atoms with E-state index in [1.54, 1.807) is 11.9 Å². The van der Waals surface area contributed by atoms with Crippen molar-refractivity contribution in [3.05, 3.63) is 33.8 Å². The van der Waals surface area contributed by atoms with Gasteiger partial charge in [-0.25, -0.2) is 0 Å². The maximum Gasteiger partial charge on any atom is 0.242 e. The monoisotopic (exact) mass is 312 g/mol. The van der Waals surface area contributed by atoms with Crippen LogP contribution in [0.5, 0.6) is 0 Å². The highest BCUT2D eigenvalue weighted by atomic mass is 79.9. The number of aryl methyl sites for hydroxylation is 1. The van der Waals surface area contributed by atoms with Gasteiger partial charge < -0.3 is 10.2 Å². The summed E-state index contributed by atoms with van der Waals surface area (Å²) in [5, 5.41) is 3.03. The maximum atomic E-state index is 12.2. The van der Waals surface area contributed by atoms with E-state index in [4.69, 9.17) is 0 Å². The molecule has 0 radical (unpaired) electrons. The van der Waals surface area contributed by atoms with Gasteiger partial charge >= 0.3 is 0 Å². The summed E-state index contributed by atoms with van der Waals surface area (Å²) in [6.45, 7) is 6.46. The SMILES string of the molecule is CNC(C)(C)C(=O)N(C)Cc1cc(Br)ccc1C. The van der Waals surface area contributed by atoms with Crippen molar-refractivity contribution in [1.29, 1.82) is 0 Å². The first-order chi connectivity index (χ1) is 8.27. The molecule has 0 atom stereocenters. The molecule has 0 aliphatic carbocycles. The molecule has 1 aromatic carbocycles. The van der Waals surface area contributed by atoms with Crippen LogP contribution in [0.2, 0.25) is 0 Å². The Morgan fingerprint density at radius 2 is 2.06 bits per heavy atom. The van der Waals surface area contributed by atoms with Gasteiger partial charge in [-0.1, -0.05) is 22.0 Å². The summed E-state index contributed by atoms with van der Waals surface area (Å²) in [5.41, 5.74) is 1.82. The van der Waals surface area contributed by atoms with Crippen LogP contribution in [0.1, 0.15) is 25.0 Å². The average Bonchev–Trinajstić information content (AvgIpc) is 2.32. The fourth-order valence-corrected chi connectivity index (χ4v) is 2.13. The normalized spacial score (nSPS) is 11.4. The van der Waals surface area contributed by atoms with Crippen LogP contribution in [0.3, 0.4) is 0 Å². The minimum absolute atomic E-state index is 0.0874. The molecule has 1 rings (SSSR count). The Labute approximate surface area is 118 Å². The van der Waals surface area contributed by atoms with E-state index in [-0.39, 0.29) is 5.91 Å². The van der Waals surface area contributed by atoms with Gasteiger partial charge in [0.05, 0.1) is 5.54 Å². The second kappa shape index (κ2) is 5.85. The Morgan fingerprint density at radius 3 is 2.61 bits per heavy atom. The molecule has 0 aliphatic rings. The molecule has 3 nitrogen and oxygen atoms in total. The first kappa shape index (κ1) is 15.2. The number of nitrogens with zero attached hydrogens (tertiary/aromatic N) is 1. The molecule has 1 N–H and O–H groups in total. The Bertz CT molecular complexity index is 443. The van der Waals surface area contributed by atoms with Gasteiger partial charge in [0, 0.05) is 18.1 Å². The molecule has 4 heteroatoms. The van der Waals surface area contributed by atoms with E-state index in [2.05, 4.69) is 40.3 Å². The summed E-state index contributed by atoms with van der Waals surface area (Å²) in [4.78, 5) is 14.0. The minimum atomic E-state index is -0.533. The number of hydrogen-bond acceptors (Lipinski definition) is 2. The largest absolute Gasteiger partial charge is 0.340 e. The van der Waals surface area contributed by atoms with E-state index < -0.39 is 5.54 Å². The van der Waals surface area contributed by atoms with Crippen molar-refractivity contribution < 1.29 is 4.79 Å². The van der Waals surface area contributed by atoms with Crippen molar-refractivity contribution in [3.63, 3.8) is 0 Å². The Kier molecular flexibility index (Phi) is 4.93. The van der Waals surface area contributed by atoms with Crippen molar-refractivity contribution >= 4 is 21.8 Å². The number of carbonyl (C=O) groups is 1. The van der Waals surface area contributed by atoms with Crippen LogP contribution in [-0.4, -0.2) is 30.4 Å². The van der Waals surface area contributed by atoms with E-state index in [0.29, 0.717) is 6.54 Å². The standard InChI is InChI=1S/C14H21BrN2O/c1-10-6-7-12(15)8-11(10)9-17(5)13(18)14(2,3)16-4/h6-8,16H,9H2,1-5H3. The lowest BCUT2D eigenvalue weighted by Crippen LogP contribution is -2.51. The molecule has 0 spiro atoms. The van der Waals surface area contributed by atoms with E-state index in [1.807, 2.05) is 27.0 Å². The Morgan fingerprint density at radius 1 is 1.44 bits per heavy atom. The van der Waals surface area contributed by atoms with E-state index >= 15 is 0 Å². The lowest BCUT2D eigenvalue weighted by molar-refractivity contribution is -0.136. The Hall–Kier alpha value is -0.870. The zero-order valence-corrected chi connectivity index (χ0v) is 13.3. The van der Waals surface area contributed by atoms with Gasteiger partial charge in [0.15, 0.2) is 0 Å². The Balaban J connectivity index is 2.85. The number of nitrogens with one attached hydrogen (secondary N) is 1. The zero-order valence-electron chi connectivity index (χ0n) is 11.7. The molecule has 0 aliphatic heterocycles. The zero-order chi connectivity index (χ0) is 13.9. The molecule has 0 fully saturated rings. The van der Waals surface area contributed by atoms with Gasteiger partial charge in [0.25, 0.3) is 0 Å². The van der Waals surface area contributed by atoms with E-state index in [9.17, 15) is 4.79 Å². The van der Waals surface area contributed by atoms with E-state index in [0.717, 1.165) is 10.0 Å². The molecule has 0 aromatic heterocycles. The lowest BCUT2D eigenvalue weighted by atomic mass is 10.0. The fraction of sp³-hybridized carbons (Fsp3) is 0.500. The third-order valence-electron chi connectivity index (χ3n) is 3.23. The van der Waals surface area contributed by atoms with Crippen LogP contribution in [0, 0.1) is 6.92 Å². The van der Waals surface area contributed by atoms with Crippen molar-refractivity contribution in [1.82, 2.24) is 10.2 Å². The van der Waals surface area contributed by atoms with Crippen molar-refractivity contribution in [2.75, 3.05) is 14.1 Å². The van der Waals surface area contributed by atoms with Crippen LogP contribution < -0.4 is 5.32 Å². The molecular weight excluding hydrogens is 292 g/mol.